The number of nitrogens with two attached hydrogens (primary N) is 1. The zero-order valence-corrected chi connectivity index (χ0v) is 11.0. The molecule has 0 saturated carbocycles. The van der Waals surface area contributed by atoms with E-state index in [1.54, 1.807) is 17.5 Å². The molecule has 1 amide bonds. The molecule has 2 aromatic rings. The summed E-state index contributed by atoms with van der Waals surface area (Å²) in [5, 5.41) is 4.63. The number of rotatable bonds is 4. The quantitative estimate of drug-likeness (QED) is 0.824. The average molecular weight is 276 g/mol. The summed E-state index contributed by atoms with van der Waals surface area (Å²) in [6.45, 7) is 1.70. The van der Waals surface area contributed by atoms with Crippen LogP contribution < -0.4 is 11.1 Å². The summed E-state index contributed by atoms with van der Waals surface area (Å²) in [4.78, 5) is 31.1. The highest BCUT2D eigenvalue weighted by atomic mass is 32.1. The Balaban J connectivity index is 2.13. The van der Waals surface area contributed by atoms with Crippen molar-refractivity contribution in [1.82, 2.24) is 9.97 Å². The summed E-state index contributed by atoms with van der Waals surface area (Å²) in [5.41, 5.74) is 6.90. The van der Waals surface area contributed by atoms with Crippen LogP contribution >= 0.6 is 11.3 Å². The lowest BCUT2D eigenvalue weighted by Crippen LogP contribution is -2.13. The van der Waals surface area contributed by atoms with E-state index in [1.807, 2.05) is 0 Å². The number of Topliss-reactive ketones (excluding diaryl/α,β-unsaturated/α-hetero) is 1. The standard InChI is InChI=1S/C12H12N4O2S/c1-7(17)10-6-19-12(15-10)16-11(18)8-2-3-14-9(4-8)5-13/h2-4,6H,5,13H2,1H3,(H,15,16,18). The van der Waals surface area contributed by atoms with Gasteiger partial charge in [0, 0.05) is 30.6 Å². The highest BCUT2D eigenvalue weighted by Crippen LogP contribution is 2.16. The highest BCUT2D eigenvalue weighted by Gasteiger charge is 2.11. The predicted octanol–water partition coefficient (Wildman–Crippen LogP) is 1.45. The van der Waals surface area contributed by atoms with Crippen LogP contribution in [0.25, 0.3) is 0 Å². The first kappa shape index (κ1) is 13.3. The van der Waals surface area contributed by atoms with Crippen LogP contribution in [0.4, 0.5) is 5.13 Å². The molecule has 0 aliphatic rings. The maximum atomic E-state index is 12.0. The average Bonchev–Trinajstić information content (AvgIpc) is 2.87. The normalized spacial score (nSPS) is 10.2. The molecule has 98 valence electrons. The van der Waals surface area contributed by atoms with Crippen molar-refractivity contribution in [3.8, 4) is 0 Å². The Morgan fingerprint density at radius 3 is 2.89 bits per heavy atom. The molecule has 0 aromatic carbocycles. The lowest BCUT2D eigenvalue weighted by molar-refractivity contribution is 0.100. The third-order valence-electron chi connectivity index (χ3n) is 2.37. The third-order valence-corrected chi connectivity index (χ3v) is 3.13. The molecule has 6 nitrogen and oxygen atoms in total. The van der Waals surface area contributed by atoms with Crippen molar-refractivity contribution >= 4 is 28.2 Å². The van der Waals surface area contributed by atoms with Gasteiger partial charge in [-0.3, -0.25) is 19.9 Å². The molecule has 2 aromatic heterocycles. The maximum absolute atomic E-state index is 12.0. The van der Waals surface area contributed by atoms with Gasteiger partial charge in [0.15, 0.2) is 10.9 Å². The predicted molar refractivity (Wildman–Crippen MR) is 72.2 cm³/mol. The molecular formula is C12H12N4O2S. The summed E-state index contributed by atoms with van der Waals surface area (Å²) >= 11 is 1.21. The van der Waals surface area contributed by atoms with E-state index in [2.05, 4.69) is 15.3 Å². The van der Waals surface area contributed by atoms with Gasteiger partial charge in [0.25, 0.3) is 5.91 Å². The van der Waals surface area contributed by atoms with Gasteiger partial charge in [-0.1, -0.05) is 0 Å². The number of nitrogens with one attached hydrogen (secondary N) is 1. The molecule has 0 fully saturated rings. The molecule has 0 unspecified atom stereocenters. The summed E-state index contributed by atoms with van der Waals surface area (Å²) in [6, 6.07) is 3.21. The summed E-state index contributed by atoms with van der Waals surface area (Å²) in [7, 11) is 0. The molecule has 0 aliphatic carbocycles. The van der Waals surface area contributed by atoms with Crippen LogP contribution in [-0.4, -0.2) is 21.7 Å². The van der Waals surface area contributed by atoms with Gasteiger partial charge in [-0.05, 0) is 12.1 Å². The van der Waals surface area contributed by atoms with E-state index in [9.17, 15) is 9.59 Å². The first-order valence-electron chi connectivity index (χ1n) is 5.53. The molecule has 3 N–H and O–H groups in total. The van der Waals surface area contributed by atoms with E-state index in [4.69, 9.17) is 5.73 Å². The monoisotopic (exact) mass is 276 g/mol. The van der Waals surface area contributed by atoms with Gasteiger partial charge >= 0.3 is 0 Å². The first-order valence-corrected chi connectivity index (χ1v) is 6.41. The fourth-order valence-electron chi connectivity index (χ4n) is 1.39. The second kappa shape index (κ2) is 5.68. The lowest BCUT2D eigenvalue weighted by atomic mass is 10.2. The van der Waals surface area contributed by atoms with Crippen molar-refractivity contribution in [2.24, 2.45) is 5.73 Å². The molecule has 0 bridgehead atoms. The van der Waals surface area contributed by atoms with Crippen LogP contribution in [0.15, 0.2) is 23.7 Å². The van der Waals surface area contributed by atoms with Crippen LogP contribution in [0.3, 0.4) is 0 Å². The van der Waals surface area contributed by atoms with Gasteiger partial charge in [0.1, 0.15) is 5.69 Å². The molecule has 0 spiro atoms. The highest BCUT2D eigenvalue weighted by molar-refractivity contribution is 7.14. The zero-order chi connectivity index (χ0) is 13.8. The van der Waals surface area contributed by atoms with Gasteiger partial charge in [0.2, 0.25) is 0 Å². The van der Waals surface area contributed by atoms with Gasteiger partial charge in [0.05, 0.1) is 5.69 Å². The van der Waals surface area contributed by atoms with Crippen molar-refractivity contribution in [3.05, 3.63) is 40.7 Å². The summed E-state index contributed by atoms with van der Waals surface area (Å²) in [5.74, 6) is -0.437. The largest absolute Gasteiger partial charge is 0.325 e. The Morgan fingerprint density at radius 1 is 1.47 bits per heavy atom. The van der Waals surface area contributed by atoms with Gasteiger partial charge < -0.3 is 5.73 Å². The van der Waals surface area contributed by atoms with Gasteiger partial charge in [-0.15, -0.1) is 11.3 Å². The first-order chi connectivity index (χ1) is 9.10. The molecule has 2 heterocycles. The molecule has 0 radical (unpaired) electrons. The minimum absolute atomic E-state index is 0.133. The molecule has 0 aliphatic heterocycles. The van der Waals surface area contributed by atoms with Crippen molar-refractivity contribution in [1.29, 1.82) is 0 Å². The number of ketones is 1. The Hall–Kier alpha value is -2.12. The molecule has 0 saturated heterocycles. The van der Waals surface area contributed by atoms with E-state index in [1.165, 1.54) is 24.5 Å². The molecule has 19 heavy (non-hydrogen) atoms. The minimum Gasteiger partial charge on any atom is -0.325 e. The van der Waals surface area contributed by atoms with Crippen LogP contribution in [0.1, 0.15) is 33.5 Å². The lowest BCUT2D eigenvalue weighted by Gasteiger charge is -2.02. The summed E-state index contributed by atoms with van der Waals surface area (Å²) < 4.78 is 0. The fraction of sp³-hybridized carbons (Fsp3) is 0.167. The van der Waals surface area contributed by atoms with Crippen LogP contribution in [-0.2, 0) is 6.54 Å². The van der Waals surface area contributed by atoms with E-state index >= 15 is 0 Å². The zero-order valence-electron chi connectivity index (χ0n) is 10.2. The second-order valence-electron chi connectivity index (χ2n) is 3.79. The number of carbonyl (C=O) groups is 2. The third kappa shape index (κ3) is 3.21. The number of aromatic nitrogens is 2. The summed E-state index contributed by atoms with van der Waals surface area (Å²) in [6.07, 6.45) is 1.53. The van der Waals surface area contributed by atoms with Crippen molar-refractivity contribution in [2.45, 2.75) is 13.5 Å². The number of amides is 1. The van der Waals surface area contributed by atoms with Crippen LogP contribution in [0, 0.1) is 0 Å². The fourth-order valence-corrected chi connectivity index (χ4v) is 2.14. The van der Waals surface area contributed by atoms with Gasteiger partial charge in [-0.2, -0.15) is 0 Å². The number of anilines is 1. The van der Waals surface area contributed by atoms with Crippen LogP contribution in [0.5, 0.6) is 0 Å². The Bertz CT molecular complexity index is 624. The van der Waals surface area contributed by atoms with E-state index in [0.717, 1.165) is 0 Å². The number of carbonyl (C=O) groups excluding carboxylic acids is 2. The molecular weight excluding hydrogens is 264 g/mol. The smallest absolute Gasteiger partial charge is 0.257 e. The van der Waals surface area contributed by atoms with E-state index in [-0.39, 0.29) is 18.2 Å². The molecule has 2 rings (SSSR count). The topological polar surface area (TPSA) is 98.0 Å². The second-order valence-corrected chi connectivity index (χ2v) is 4.65. The SMILES string of the molecule is CC(=O)c1csc(NC(=O)c2ccnc(CN)c2)n1. The molecule has 0 atom stereocenters. The van der Waals surface area contributed by atoms with Crippen molar-refractivity contribution in [2.75, 3.05) is 5.32 Å². The number of nitrogens with zero attached hydrogens (tertiary/aromatic N) is 2. The Kier molecular flexibility index (Phi) is 3.98. The van der Waals surface area contributed by atoms with Crippen LogP contribution in [0.2, 0.25) is 0 Å². The van der Waals surface area contributed by atoms with Crippen molar-refractivity contribution < 1.29 is 9.59 Å². The molecule has 7 heteroatoms. The number of pyridine rings is 1. The maximum Gasteiger partial charge on any atom is 0.257 e. The Morgan fingerprint density at radius 2 is 2.26 bits per heavy atom. The Labute approximate surface area is 113 Å². The minimum atomic E-state index is -0.304. The van der Waals surface area contributed by atoms with E-state index in [0.29, 0.717) is 22.1 Å². The van der Waals surface area contributed by atoms with Gasteiger partial charge in [-0.25, -0.2) is 4.98 Å². The number of hydrogen-bond donors (Lipinski definition) is 2. The van der Waals surface area contributed by atoms with Crippen molar-refractivity contribution in [3.63, 3.8) is 0 Å². The number of thiazole rings is 1. The van der Waals surface area contributed by atoms with E-state index < -0.39 is 0 Å². The number of hydrogen-bond acceptors (Lipinski definition) is 6.